The van der Waals surface area contributed by atoms with Crippen LogP contribution < -0.4 is 4.74 Å². The Hall–Kier alpha value is -1.44. The number of phenols is 1. The van der Waals surface area contributed by atoms with E-state index in [2.05, 4.69) is 33.4 Å². The van der Waals surface area contributed by atoms with Crippen molar-refractivity contribution in [3.05, 3.63) is 29.3 Å². The first-order valence-electron chi connectivity index (χ1n) is 8.31. The summed E-state index contributed by atoms with van der Waals surface area (Å²) in [6.07, 6.45) is 4.78. The lowest BCUT2D eigenvalue weighted by atomic mass is 9.57. The van der Waals surface area contributed by atoms with Crippen LogP contribution in [-0.2, 0) is 11.8 Å². The molecule has 0 spiro atoms. The molecular formula is C20H28O2. The van der Waals surface area contributed by atoms with Crippen LogP contribution in [0.4, 0.5) is 0 Å². The zero-order valence-corrected chi connectivity index (χ0v) is 14.5. The molecule has 0 heterocycles. The summed E-state index contributed by atoms with van der Waals surface area (Å²) < 4.78 is 5.67. The monoisotopic (exact) mass is 300 g/mol. The van der Waals surface area contributed by atoms with Gasteiger partial charge >= 0.3 is 0 Å². The van der Waals surface area contributed by atoms with Crippen LogP contribution in [0.5, 0.6) is 11.5 Å². The Morgan fingerprint density at radius 3 is 2.59 bits per heavy atom. The van der Waals surface area contributed by atoms with Crippen LogP contribution in [0.25, 0.3) is 5.57 Å². The molecule has 1 aromatic carbocycles. The Morgan fingerprint density at radius 1 is 1.32 bits per heavy atom. The number of fused-ring (bicyclic) bond motifs is 3. The topological polar surface area (TPSA) is 29.5 Å². The zero-order valence-electron chi connectivity index (χ0n) is 14.5. The van der Waals surface area contributed by atoms with E-state index in [0.717, 1.165) is 17.6 Å². The number of methoxy groups -OCH3 is 1. The maximum Gasteiger partial charge on any atom is 0.165 e. The molecular weight excluding hydrogens is 272 g/mol. The van der Waals surface area contributed by atoms with E-state index in [4.69, 9.17) is 4.74 Å². The Labute approximate surface area is 134 Å². The smallest absolute Gasteiger partial charge is 0.165 e. The minimum absolute atomic E-state index is 0.105. The molecule has 2 aliphatic rings. The molecule has 1 N–H and O–H groups in total. The van der Waals surface area contributed by atoms with Crippen molar-refractivity contribution in [3.8, 4) is 11.5 Å². The third kappa shape index (κ3) is 1.92. The number of phenolic OH excluding ortho intramolecular Hbond substituents is 1. The first kappa shape index (κ1) is 15.5. The van der Waals surface area contributed by atoms with Crippen molar-refractivity contribution in [2.45, 2.75) is 58.8 Å². The van der Waals surface area contributed by atoms with Crippen molar-refractivity contribution in [1.29, 1.82) is 0 Å². The number of hydrogen-bond donors (Lipinski definition) is 1. The van der Waals surface area contributed by atoms with Crippen LogP contribution in [0.3, 0.4) is 0 Å². The van der Waals surface area contributed by atoms with Gasteiger partial charge in [0.05, 0.1) is 7.11 Å². The number of ether oxygens (including phenoxy) is 1. The summed E-state index contributed by atoms with van der Waals surface area (Å²) in [4.78, 5) is 0. The van der Waals surface area contributed by atoms with Gasteiger partial charge in [0, 0.05) is 16.5 Å². The Balaban J connectivity index is 2.25. The molecule has 0 aromatic heterocycles. The summed E-state index contributed by atoms with van der Waals surface area (Å²) in [5, 5.41) is 10.7. The predicted octanol–water partition coefficient (Wildman–Crippen LogP) is 5.07. The highest BCUT2D eigenvalue weighted by atomic mass is 16.5. The summed E-state index contributed by atoms with van der Waals surface area (Å²) in [6.45, 7) is 13.1. The molecule has 1 aromatic rings. The van der Waals surface area contributed by atoms with Crippen LogP contribution in [0.2, 0.25) is 0 Å². The molecule has 2 nitrogen and oxygen atoms in total. The van der Waals surface area contributed by atoms with Gasteiger partial charge < -0.3 is 9.84 Å². The van der Waals surface area contributed by atoms with E-state index in [1.165, 1.54) is 30.4 Å². The van der Waals surface area contributed by atoms with Crippen LogP contribution in [-0.4, -0.2) is 12.2 Å². The molecule has 2 atom stereocenters. The van der Waals surface area contributed by atoms with Gasteiger partial charge in [-0.2, -0.15) is 0 Å². The summed E-state index contributed by atoms with van der Waals surface area (Å²) in [5.41, 5.74) is 4.74. The maximum absolute atomic E-state index is 10.7. The van der Waals surface area contributed by atoms with Crippen molar-refractivity contribution in [2.75, 3.05) is 7.11 Å². The molecule has 0 unspecified atom stereocenters. The Morgan fingerprint density at radius 2 is 2.00 bits per heavy atom. The average Bonchev–Trinajstić information content (AvgIpc) is 2.72. The third-order valence-corrected chi connectivity index (χ3v) is 6.23. The minimum atomic E-state index is 0.105. The van der Waals surface area contributed by atoms with Gasteiger partial charge in [-0.1, -0.05) is 33.8 Å². The highest BCUT2D eigenvalue weighted by Gasteiger charge is 2.53. The zero-order chi connectivity index (χ0) is 16.3. The number of aromatic hydroxyl groups is 1. The molecule has 0 saturated heterocycles. The van der Waals surface area contributed by atoms with Gasteiger partial charge in [-0.05, 0) is 54.7 Å². The fourth-order valence-corrected chi connectivity index (χ4v) is 5.16. The molecule has 3 rings (SSSR count). The van der Waals surface area contributed by atoms with E-state index in [1.807, 2.05) is 6.92 Å². The van der Waals surface area contributed by atoms with Crippen LogP contribution in [0, 0.1) is 11.3 Å². The molecule has 0 aliphatic heterocycles. The van der Waals surface area contributed by atoms with Crippen molar-refractivity contribution < 1.29 is 9.84 Å². The average molecular weight is 300 g/mol. The van der Waals surface area contributed by atoms with Crippen LogP contribution in [0.15, 0.2) is 12.6 Å². The van der Waals surface area contributed by atoms with Gasteiger partial charge in [0.2, 0.25) is 0 Å². The van der Waals surface area contributed by atoms with Gasteiger partial charge in [-0.3, -0.25) is 0 Å². The number of rotatable bonds is 2. The SMILES string of the molecule is C=C(C)c1cc2c(c(OC)c1O)[C@@]1(C)CCCC(C)(C)[C@H]1C2. The van der Waals surface area contributed by atoms with Crippen molar-refractivity contribution in [2.24, 2.45) is 11.3 Å². The fourth-order valence-electron chi connectivity index (χ4n) is 5.16. The van der Waals surface area contributed by atoms with Crippen LogP contribution in [0.1, 0.15) is 63.6 Å². The van der Waals surface area contributed by atoms with Gasteiger partial charge in [0.1, 0.15) is 0 Å². The molecule has 2 aliphatic carbocycles. The lowest BCUT2D eigenvalue weighted by Gasteiger charge is -2.48. The van der Waals surface area contributed by atoms with Crippen LogP contribution >= 0.6 is 0 Å². The number of benzene rings is 1. The molecule has 2 heteroatoms. The molecule has 1 saturated carbocycles. The molecule has 0 amide bonds. The normalized spacial score (nSPS) is 28.9. The van der Waals surface area contributed by atoms with E-state index in [0.29, 0.717) is 17.1 Å². The lowest BCUT2D eigenvalue weighted by Crippen LogP contribution is -2.42. The first-order chi connectivity index (χ1) is 10.2. The summed E-state index contributed by atoms with van der Waals surface area (Å²) in [5.74, 6) is 1.55. The second-order valence-electron chi connectivity index (χ2n) is 8.14. The summed E-state index contributed by atoms with van der Waals surface area (Å²) >= 11 is 0. The second kappa shape index (κ2) is 4.78. The van der Waals surface area contributed by atoms with E-state index in [-0.39, 0.29) is 11.2 Å². The Bertz CT molecular complexity index is 642. The van der Waals surface area contributed by atoms with E-state index in [1.54, 1.807) is 7.11 Å². The molecule has 22 heavy (non-hydrogen) atoms. The molecule has 0 radical (unpaired) electrons. The van der Waals surface area contributed by atoms with Gasteiger partial charge in [0.15, 0.2) is 11.5 Å². The minimum Gasteiger partial charge on any atom is -0.504 e. The van der Waals surface area contributed by atoms with Gasteiger partial charge in [-0.25, -0.2) is 0 Å². The first-order valence-corrected chi connectivity index (χ1v) is 8.31. The quantitative estimate of drug-likeness (QED) is 0.826. The lowest BCUT2D eigenvalue weighted by molar-refractivity contribution is 0.0690. The standard InChI is InChI=1S/C20H28O2/c1-12(2)14-10-13-11-15-19(3,4)8-7-9-20(15,5)16(13)18(22-6)17(14)21/h10,15,21H,1,7-9,11H2,2-6H3/t15-,20+/m1/s1. The highest BCUT2D eigenvalue weighted by molar-refractivity contribution is 5.74. The number of allylic oxidation sites excluding steroid dienone is 1. The van der Waals surface area contributed by atoms with Crippen molar-refractivity contribution >= 4 is 5.57 Å². The molecule has 0 bridgehead atoms. The van der Waals surface area contributed by atoms with E-state index >= 15 is 0 Å². The van der Waals surface area contributed by atoms with Crippen molar-refractivity contribution in [3.63, 3.8) is 0 Å². The molecule has 120 valence electrons. The maximum atomic E-state index is 10.7. The molecule has 1 fully saturated rings. The van der Waals surface area contributed by atoms with E-state index < -0.39 is 0 Å². The Kier molecular flexibility index (Phi) is 3.36. The summed E-state index contributed by atoms with van der Waals surface area (Å²) in [6, 6.07) is 2.15. The van der Waals surface area contributed by atoms with Gasteiger partial charge in [0.25, 0.3) is 0 Å². The highest BCUT2D eigenvalue weighted by Crippen LogP contribution is 2.61. The number of hydrogen-bond acceptors (Lipinski definition) is 2. The largest absolute Gasteiger partial charge is 0.504 e. The second-order valence-corrected chi connectivity index (χ2v) is 8.14. The third-order valence-electron chi connectivity index (χ3n) is 6.23. The van der Waals surface area contributed by atoms with Gasteiger partial charge in [-0.15, -0.1) is 0 Å². The summed E-state index contributed by atoms with van der Waals surface area (Å²) in [7, 11) is 1.67. The predicted molar refractivity (Wildman–Crippen MR) is 91.5 cm³/mol. The van der Waals surface area contributed by atoms with Crippen molar-refractivity contribution in [1.82, 2.24) is 0 Å². The van der Waals surface area contributed by atoms with E-state index in [9.17, 15) is 5.11 Å². The fraction of sp³-hybridized carbons (Fsp3) is 0.600.